The van der Waals surface area contributed by atoms with E-state index >= 15 is 0 Å². The van der Waals surface area contributed by atoms with Gasteiger partial charge in [-0.3, -0.25) is 4.79 Å². The Bertz CT molecular complexity index is 948. The van der Waals surface area contributed by atoms with E-state index in [9.17, 15) is 4.79 Å². The summed E-state index contributed by atoms with van der Waals surface area (Å²) in [4.78, 5) is 15.9. The van der Waals surface area contributed by atoms with Crippen LogP contribution in [0.3, 0.4) is 0 Å². The Morgan fingerprint density at radius 2 is 2.00 bits per heavy atom. The Morgan fingerprint density at radius 1 is 1.14 bits per heavy atom. The van der Waals surface area contributed by atoms with Gasteiger partial charge in [0.05, 0.1) is 24.4 Å². The van der Waals surface area contributed by atoms with E-state index in [0.717, 1.165) is 36.4 Å². The number of carbonyl (C=O) groups is 1. The molecule has 0 spiro atoms. The van der Waals surface area contributed by atoms with Crippen molar-refractivity contribution in [3.05, 3.63) is 62.7 Å². The molecule has 0 saturated carbocycles. The first-order chi connectivity index (χ1) is 13.8. The highest BCUT2D eigenvalue weighted by Crippen LogP contribution is 2.39. The summed E-state index contributed by atoms with van der Waals surface area (Å²) >= 11 is 3.46. The molecule has 1 aliphatic carbocycles. The Balaban J connectivity index is 1.61. The highest BCUT2D eigenvalue weighted by molar-refractivity contribution is 7.16. The molecule has 1 aliphatic rings. The standard InChI is InChI=1S/C22H24N2O2S2/c1-2-26-18-11-5-4-10-17(18)24-21(25)20-16-9-3-6-12-19(16)28-22(20)23-14-15-8-7-13-27-15/h4-5,7-8,10-11,13,23H,2-3,6,9,12,14H2,1H3,(H,24,25). The number of hydrogen-bond donors (Lipinski definition) is 2. The summed E-state index contributed by atoms with van der Waals surface area (Å²) in [6.45, 7) is 3.25. The molecule has 2 aromatic heterocycles. The first-order valence-electron chi connectivity index (χ1n) is 9.70. The molecule has 0 fully saturated rings. The molecule has 6 heteroatoms. The molecule has 1 aromatic carbocycles. The highest BCUT2D eigenvalue weighted by atomic mass is 32.1. The van der Waals surface area contributed by atoms with Gasteiger partial charge in [0, 0.05) is 9.75 Å². The van der Waals surface area contributed by atoms with Crippen LogP contribution in [0.25, 0.3) is 0 Å². The number of hydrogen-bond acceptors (Lipinski definition) is 5. The Hall–Kier alpha value is -2.31. The van der Waals surface area contributed by atoms with Gasteiger partial charge in [-0.25, -0.2) is 0 Å². The topological polar surface area (TPSA) is 50.4 Å². The molecule has 0 saturated heterocycles. The van der Waals surface area contributed by atoms with E-state index in [1.807, 2.05) is 31.2 Å². The van der Waals surface area contributed by atoms with Crippen LogP contribution in [0.2, 0.25) is 0 Å². The van der Waals surface area contributed by atoms with E-state index < -0.39 is 0 Å². The lowest BCUT2D eigenvalue weighted by atomic mass is 9.95. The van der Waals surface area contributed by atoms with Crippen LogP contribution in [0.4, 0.5) is 10.7 Å². The number of amides is 1. The number of fused-ring (bicyclic) bond motifs is 1. The van der Waals surface area contributed by atoms with Crippen molar-refractivity contribution in [3.63, 3.8) is 0 Å². The average molecular weight is 413 g/mol. The molecule has 0 aliphatic heterocycles. The van der Waals surface area contributed by atoms with Gasteiger partial charge in [-0.05, 0) is 61.7 Å². The van der Waals surface area contributed by atoms with Crippen molar-refractivity contribution >= 4 is 39.3 Å². The van der Waals surface area contributed by atoms with Gasteiger partial charge >= 0.3 is 0 Å². The number of thiophene rings is 2. The van der Waals surface area contributed by atoms with Crippen LogP contribution >= 0.6 is 22.7 Å². The van der Waals surface area contributed by atoms with E-state index in [1.54, 1.807) is 22.7 Å². The maximum absolute atomic E-state index is 13.3. The predicted octanol–water partition coefficient (Wildman–Crippen LogP) is 5.95. The minimum absolute atomic E-state index is 0.0553. The first kappa shape index (κ1) is 19.0. The SMILES string of the molecule is CCOc1ccccc1NC(=O)c1c(NCc2cccs2)sc2c1CCCC2. The molecule has 2 heterocycles. The molecule has 3 aromatic rings. The minimum Gasteiger partial charge on any atom is -0.492 e. The number of benzene rings is 1. The lowest BCUT2D eigenvalue weighted by Gasteiger charge is -2.15. The maximum atomic E-state index is 13.3. The van der Waals surface area contributed by atoms with Gasteiger partial charge in [0.2, 0.25) is 0 Å². The van der Waals surface area contributed by atoms with Gasteiger partial charge in [0.15, 0.2) is 0 Å². The van der Waals surface area contributed by atoms with Crippen LogP contribution in [0.15, 0.2) is 41.8 Å². The monoisotopic (exact) mass is 412 g/mol. The molecule has 28 heavy (non-hydrogen) atoms. The van der Waals surface area contributed by atoms with Crippen LogP contribution in [-0.2, 0) is 19.4 Å². The second kappa shape index (κ2) is 8.80. The molecule has 0 unspecified atom stereocenters. The van der Waals surface area contributed by atoms with Gasteiger partial charge in [-0.1, -0.05) is 18.2 Å². The van der Waals surface area contributed by atoms with Gasteiger partial charge in [-0.2, -0.15) is 0 Å². The summed E-state index contributed by atoms with van der Waals surface area (Å²) in [5, 5.41) is 9.66. The number of ether oxygens (including phenoxy) is 1. The van der Waals surface area contributed by atoms with E-state index in [0.29, 0.717) is 18.0 Å². The van der Waals surface area contributed by atoms with Crippen molar-refractivity contribution in [2.24, 2.45) is 0 Å². The maximum Gasteiger partial charge on any atom is 0.259 e. The third-order valence-electron chi connectivity index (χ3n) is 4.84. The Morgan fingerprint density at radius 3 is 2.82 bits per heavy atom. The second-order valence-electron chi connectivity index (χ2n) is 6.73. The summed E-state index contributed by atoms with van der Waals surface area (Å²) in [5.41, 5.74) is 2.74. The molecule has 4 rings (SSSR count). The summed E-state index contributed by atoms with van der Waals surface area (Å²) < 4.78 is 5.67. The van der Waals surface area contributed by atoms with Crippen LogP contribution in [-0.4, -0.2) is 12.5 Å². The fourth-order valence-electron chi connectivity index (χ4n) is 3.55. The number of anilines is 2. The molecular weight excluding hydrogens is 388 g/mol. The average Bonchev–Trinajstić information content (AvgIpc) is 3.35. The summed E-state index contributed by atoms with van der Waals surface area (Å²) in [6, 6.07) is 11.8. The molecule has 2 N–H and O–H groups in total. The third-order valence-corrected chi connectivity index (χ3v) is 6.96. The largest absolute Gasteiger partial charge is 0.492 e. The van der Waals surface area contributed by atoms with E-state index in [2.05, 4.69) is 28.1 Å². The number of nitrogens with one attached hydrogen (secondary N) is 2. The minimum atomic E-state index is -0.0553. The second-order valence-corrected chi connectivity index (χ2v) is 8.87. The zero-order valence-electron chi connectivity index (χ0n) is 15.9. The molecule has 0 radical (unpaired) electrons. The lowest BCUT2D eigenvalue weighted by molar-refractivity contribution is 0.102. The van der Waals surface area contributed by atoms with Gasteiger partial charge in [-0.15, -0.1) is 22.7 Å². The van der Waals surface area contributed by atoms with Crippen molar-refractivity contribution in [3.8, 4) is 5.75 Å². The van der Waals surface area contributed by atoms with Crippen LogP contribution in [0, 0.1) is 0 Å². The quantitative estimate of drug-likeness (QED) is 0.504. The lowest BCUT2D eigenvalue weighted by Crippen LogP contribution is -2.17. The van der Waals surface area contributed by atoms with Crippen LogP contribution in [0.5, 0.6) is 5.75 Å². The van der Waals surface area contributed by atoms with Crippen molar-refractivity contribution < 1.29 is 9.53 Å². The third kappa shape index (κ3) is 4.08. The number of aryl methyl sites for hydroxylation is 1. The van der Waals surface area contributed by atoms with Crippen LogP contribution < -0.4 is 15.4 Å². The van der Waals surface area contributed by atoms with Crippen molar-refractivity contribution in [2.75, 3.05) is 17.2 Å². The zero-order valence-corrected chi connectivity index (χ0v) is 17.6. The molecule has 4 nitrogen and oxygen atoms in total. The Labute approximate surface area is 173 Å². The summed E-state index contributed by atoms with van der Waals surface area (Å²) in [7, 11) is 0. The molecule has 146 valence electrons. The van der Waals surface area contributed by atoms with Crippen molar-refractivity contribution in [1.29, 1.82) is 0 Å². The Kier molecular flexibility index (Phi) is 5.98. The van der Waals surface area contributed by atoms with Gasteiger partial charge in [0.1, 0.15) is 10.8 Å². The summed E-state index contributed by atoms with van der Waals surface area (Å²) in [6.07, 6.45) is 4.38. The van der Waals surface area contributed by atoms with Gasteiger partial charge < -0.3 is 15.4 Å². The highest BCUT2D eigenvalue weighted by Gasteiger charge is 2.26. The fraction of sp³-hybridized carbons (Fsp3) is 0.318. The van der Waals surface area contributed by atoms with Crippen molar-refractivity contribution in [2.45, 2.75) is 39.2 Å². The van der Waals surface area contributed by atoms with E-state index in [4.69, 9.17) is 4.74 Å². The van der Waals surface area contributed by atoms with E-state index in [1.165, 1.54) is 21.7 Å². The number of rotatable bonds is 7. The normalized spacial score (nSPS) is 13.0. The molecular formula is C22H24N2O2S2. The number of para-hydroxylation sites is 2. The molecule has 0 bridgehead atoms. The smallest absolute Gasteiger partial charge is 0.259 e. The fourth-order valence-corrected chi connectivity index (χ4v) is 5.47. The van der Waals surface area contributed by atoms with Crippen molar-refractivity contribution in [1.82, 2.24) is 0 Å². The van der Waals surface area contributed by atoms with Crippen LogP contribution in [0.1, 0.15) is 45.4 Å². The van der Waals surface area contributed by atoms with E-state index in [-0.39, 0.29) is 5.91 Å². The molecule has 1 amide bonds. The zero-order chi connectivity index (χ0) is 19.3. The van der Waals surface area contributed by atoms with Gasteiger partial charge in [0.25, 0.3) is 5.91 Å². The summed E-state index contributed by atoms with van der Waals surface area (Å²) in [5.74, 6) is 0.649. The molecule has 0 atom stereocenters. The number of carbonyl (C=O) groups excluding carboxylic acids is 1. The predicted molar refractivity (Wildman–Crippen MR) is 118 cm³/mol. The first-order valence-corrected chi connectivity index (χ1v) is 11.4.